The predicted molar refractivity (Wildman–Crippen MR) is 88.2 cm³/mol. The maximum atomic E-state index is 12.7. The van der Waals surface area contributed by atoms with Crippen molar-refractivity contribution in [3.8, 4) is 5.88 Å². The van der Waals surface area contributed by atoms with E-state index in [2.05, 4.69) is 20.8 Å². The molecule has 0 unspecified atom stereocenters. The van der Waals surface area contributed by atoms with E-state index in [1.54, 1.807) is 25.1 Å². The summed E-state index contributed by atoms with van der Waals surface area (Å²) >= 11 is 0. The second kappa shape index (κ2) is 6.90. The number of hydrogen-bond acceptors (Lipinski definition) is 4. The molecule has 136 valence electrons. The third-order valence-electron chi connectivity index (χ3n) is 3.36. The molecule has 7 nitrogen and oxygen atoms in total. The number of hydrogen-bond donors (Lipinski definition) is 2. The first-order valence-electron chi connectivity index (χ1n) is 7.60. The van der Waals surface area contributed by atoms with Crippen LogP contribution >= 0.6 is 0 Å². The molecule has 0 bridgehead atoms. The van der Waals surface area contributed by atoms with E-state index in [1.165, 1.54) is 16.5 Å². The van der Waals surface area contributed by atoms with Crippen LogP contribution in [0, 0.1) is 0 Å². The summed E-state index contributed by atoms with van der Waals surface area (Å²) in [5.74, 6) is 0.498. The van der Waals surface area contributed by atoms with Crippen molar-refractivity contribution in [1.82, 2.24) is 14.6 Å². The highest BCUT2D eigenvalue weighted by Gasteiger charge is 2.30. The number of benzene rings is 1. The fourth-order valence-electron chi connectivity index (χ4n) is 2.29. The van der Waals surface area contributed by atoms with Crippen LogP contribution in [0.1, 0.15) is 12.5 Å². The number of urea groups is 1. The van der Waals surface area contributed by atoms with Gasteiger partial charge in [0.15, 0.2) is 5.65 Å². The summed E-state index contributed by atoms with van der Waals surface area (Å²) in [6, 6.07) is 8.63. The largest absolute Gasteiger partial charge is 0.479 e. The molecule has 1 aromatic carbocycles. The first-order chi connectivity index (χ1) is 12.4. The topological polar surface area (TPSA) is 80.6 Å². The van der Waals surface area contributed by atoms with Crippen molar-refractivity contribution < 1.29 is 22.7 Å². The lowest BCUT2D eigenvalue weighted by molar-refractivity contribution is -0.137. The van der Waals surface area contributed by atoms with Crippen molar-refractivity contribution >= 4 is 23.3 Å². The minimum atomic E-state index is -4.50. The Hall–Kier alpha value is -3.30. The van der Waals surface area contributed by atoms with Gasteiger partial charge in [-0.2, -0.15) is 13.2 Å². The number of anilines is 2. The van der Waals surface area contributed by atoms with Crippen molar-refractivity contribution in [2.45, 2.75) is 13.1 Å². The number of nitrogens with zero attached hydrogens (tertiary/aromatic N) is 3. The third kappa shape index (κ3) is 3.68. The summed E-state index contributed by atoms with van der Waals surface area (Å²) < 4.78 is 45.2. The predicted octanol–water partition coefficient (Wildman–Crippen LogP) is 3.79. The van der Waals surface area contributed by atoms with Gasteiger partial charge in [-0.1, -0.05) is 12.1 Å². The molecule has 10 heteroatoms. The van der Waals surface area contributed by atoms with Crippen LogP contribution < -0.4 is 15.4 Å². The average molecular weight is 365 g/mol. The van der Waals surface area contributed by atoms with Crippen molar-refractivity contribution in [3.63, 3.8) is 0 Å². The van der Waals surface area contributed by atoms with Crippen LogP contribution in [0.2, 0.25) is 0 Å². The number of amides is 2. The Balaban J connectivity index is 1.80. The molecule has 0 atom stereocenters. The Morgan fingerprint density at radius 2 is 1.92 bits per heavy atom. The summed E-state index contributed by atoms with van der Waals surface area (Å²) in [5, 5.41) is 12.6. The van der Waals surface area contributed by atoms with Crippen LogP contribution in [0.3, 0.4) is 0 Å². The molecule has 0 aliphatic heterocycles. The van der Waals surface area contributed by atoms with Crippen molar-refractivity contribution in [2.24, 2.45) is 0 Å². The molecule has 0 spiro atoms. The van der Waals surface area contributed by atoms with Gasteiger partial charge < -0.3 is 10.1 Å². The average Bonchev–Trinajstić information content (AvgIpc) is 2.98. The van der Waals surface area contributed by atoms with Crippen LogP contribution in [-0.4, -0.2) is 27.2 Å². The monoisotopic (exact) mass is 365 g/mol. The van der Waals surface area contributed by atoms with E-state index in [-0.39, 0.29) is 11.6 Å². The zero-order chi connectivity index (χ0) is 18.7. The van der Waals surface area contributed by atoms with Crippen LogP contribution in [0.25, 0.3) is 5.65 Å². The second-order valence-electron chi connectivity index (χ2n) is 5.17. The second-order valence-corrected chi connectivity index (χ2v) is 5.17. The van der Waals surface area contributed by atoms with Gasteiger partial charge in [0.1, 0.15) is 0 Å². The molecular formula is C16H14F3N5O2. The van der Waals surface area contributed by atoms with E-state index in [4.69, 9.17) is 4.74 Å². The number of aromatic nitrogens is 3. The van der Waals surface area contributed by atoms with Gasteiger partial charge in [0.2, 0.25) is 11.8 Å². The standard InChI is InChI=1S/C16H14F3N5O2/c1-2-26-13-8-4-7-12-22-23-14(24(12)13)21-15(25)20-11-6-3-5-10(9-11)16(17,18)19/h3-9H,2H2,1H3,(H2,20,21,23,25). The first-order valence-corrected chi connectivity index (χ1v) is 7.60. The van der Waals surface area contributed by atoms with Gasteiger partial charge in [-0.25, -0.2) is 9.20 Å². The smallest absolute Gasteiger partial charge is 0.416 e. The zero-order valence-electron chi connectivity index (χ0n) is 13.5. The van der Waals surface area contributed by atoms with E-state index in [0.717, 1.165) is 12.1 Å². The highest BCUT2D eigenvalue weighted by Crippen LogP contribution is 2.30. The van der Waals surface area contributed by atoms with Crippen LogP contribution in [0.5, 0.6) is 5.88 Å². The molecule has 2 N–H and O–H groups in total. The third-order valence-corrected chi connectivity index (χ3v) is 3.36. The lowest BCUT2D eigenvalue weighted by atomic mass is 10.2. The maximum absolute atomic E-state index is 12.7. The Morgan fingerprint density at radius 1 is 1.15 bits per heavy atom. The molecule has 0 fully saturated rings. The molecule has 3 aromatic rings. The van der Waals surface area contributed by atoms with Crippen LogP contribution in [0.4, 0.5) is 29.6 Å². The van der Waals surface area contributed by atoms with Gasteiger partial charge >= 0.3 is 12.2 Å². The molecule has 0 saturated heterocycles. The number of alkyl halides is 3. The van der Waals surface area contributed by atoms with E-state index in [9.17, 15) is 18.0 Å². The van der Waals surface area contributed by atoms with E-state index >= 15 is 0 Å². The summed E-state index contributed by atoms with van der Waals surface area (Å²) in [4.78, 5) is 12.1. The normalized spacial score (nSPS) is 11.4. The molecule has 0 saturated carbocycles. The Labute approximate surface area is 145 Å². The quantitative estimate of drug-likeness (QED) is 0.737. The van der Waals surface area contributed by atoms with Gasteiger partial charge in [-0.3, -0.25) is 5.32 Å². The summed E-state index contributed by atoms with van der Waals surface area (Å²) in [7, 11) is 0. The Morgan fingerprint density at radius 3 is 2.65 bits per heavy atom. The minimum absolute atomic E-state index is 0.00354. The zero-order valence-corrected chi connectivity index (χ0v) is 13.5. The van der Waals surface area contributed by atoms with Gasteiger partial charge in [0.25, 0.3) is 0 Å². The summed E-state index contributed by atoms with van der Waals surface area (Å²) in [5.41, 5.74) is -0.414. The SMILES string of the molecule is CCOc1cccc2nnc(NC(=O)Nc3cccc(C(F)(F)F)c3)n12. The number of carbonyl (C=O) groups excluding carboxylic acids is 1. The lowest BCUT2D eigenvalue weighted by Gasteiger charge is -2.11. The van der Waals surface area contributed by atoms with E-state index < -0.39 is 17.8 Å². The molecule has 3 rings (SSSR count). The van der Waals surface area contributed by atoms with Crippen molar-refractivity contribution in [3.05, 3.63) is 48.0 Å². The van der Waals surface area contributed by atoms with Gasteiger partial charge in [-0.05, 0) is 37.3 Å². The highest BCUT2D eigenvalue weighted by molar-refractivity contribution is 5.99. The maximum Gasteiger partial charge on any atom is 0.416 e. The van der Waals surface area contributed by atoms with E-state index in [1.807, 2.05) is 0 Å². The molecule has 2 amide bonds. The summed E-state index contributed by atoms with van der Waals surface area (Å²) in [6.07, 6.45) is -4.50. The van der Waals surface area contributed by atoms with Crippen molar-refractivity contribution in [2.75, 3.05) is 17.2 Å². The first kappa shape index (κ1) is 17.5. The Kier molecular flexibility index (Phi) is 4.65. The fraction of sp³-hybridized carbons (Fsp3) is 0.188. The number of carbonyl (C=O) groups is 1. The highest BCUT2D eigenvalue weighted by atomic mass is 19.4. The van der Waals surface area contributed by atoms with Crippen LogP contribution in [-0.2, 0) is 6.18 Å². The Bertz CT molecular complexity index is 939. The molecule has 0 aliphatic carbocycles. The number of ether oxygens (including phenoxy) is 1. The molecule has 26 heavy (non-hydrogen) atoms. The molecule has 2 heterocycles. The molecule has 0 aliphatic rings. The lowest BCUT2D eigenvalue weighted by Crippen LogP contribution is -2.21. The van der Waals surface area contributed by atoms with Gasteiger partial charge in [0.05, 0.1) is 12.2 Å². The number of nitrogens with one attached hydrogen (secondary N) is 2. The number of rotatable bonds is 4. The minimum Gasteiger partial charge on any atom is -0.479 e. The van der Waals surface area contributed by atoms with Gasteiger partial charge in [0, 0.05) is 5.69 Å². The van der Waals surface area contributed by atoms with E-state index in [0.29, 0.717) is 18.1 Å². The summed E-state index contributed by atoms with van der Waals surface area (Å²) in [6.45, 7) is 2.20. The molecular weight excluding hydrogens is 351 g/mol. The number of pyridine rings is 1. The van der Waals surface area contributed by atoms with Crippen LogP contribution in [0.15, 0.2) is 42.5 Å². The van der Waals surface area contributed by atoms with Gasteiger partial charge in [-0.15, -0.1) is 10.2 Å². The fourth-order valence-corrected chi connectivity index (χ4v) is 2.29. The number of halogens is 3. The molecule has 2 aromatic heterocycles. The molecule has 0 radical (unpaired) electrons. The number of fused-ring (bicyclic) bond motifs is 1. The van der Waals surface area contributed by atoms with Crippen molar-refractivity contribution in [1.29, 1.82) is 0 Å².